The first-order valence-electron chi connectivity index (χ1n) is 5.34. The maximum Gasteiger partial charge on any atom is 0.293 e. The van der Waals surface area contributed by atoms with Crippen molar-refractivity contribution in [1.29, 1.82) is 0 Å². The predicted octanol–water partition coefficient (Wildman–Crippen LogP) is 0.282. The van der Waals surface area contributed by atoms with Crippen LogP contribution in [0.4, 0.5) is 0 Å². The van der Waals surface area contributed by atoms with E-state index in [4.69, 9.17) is 4.18 Å². The van der Waals surface area contributed by atoms with Gasteiger partial charge in [0.05, 0.1) is 12.4 Å². The highest BCUT2D eigenvalue weighted by atomic mass is 32.2. The maximum absolute atomic E-state index is 10.5. The van der Waals surface area contributed by atoms with E-state index < -0.39 is 10.1 Å². The Balaban J connectivity index is 0.000000325. The predicted molar refractivity (Wildman–Crippen MR) is 64.1 cm³/mol. The summed E-state index contributed by atoms with van der Waals surface area (Å²) in [5.74, 6) is 0. The molecular weight excluding hydrogens is 246 g/mol. The van der Waals surface area contributed by atoms with Crippen molar-refractivity contribution in [2.75, 3.05) is 19.3 Å². The maximum atomic E-state index is 10.5. The highest BCUT2D eigenvalue weighted by Crippen LogP contribution is 2.05. The van der Waals surface area contributed by atoms with Gasteiger partial charge in [0.2, 0.25) is 0 Å². The summed E-state index contributed by atoms with van der Waals surface area (Å²) in [6.45, 7) is 7.41. The van der Waals surface area contributed by atoms with Crippen molar-refractivity contribution >= 4 is 16.6 Å². The first-order chi connectivity index (χ1) is 7.64. The second-order valence-corrected chi connectivity index (χ2v) is 6.34. The molecule has 1 fully saturated rings. The van der Waals surface area contributed by atoms with Crippen LogP contribution in [0.5, 0.6) is 0 Å². The van der Waals surface area contributed by atoms with E-state index in [0.717, 1.165) is 19.2 Å². The number of carbonyl (C=O) groups excluding carboxylic acids is 1. The third kappa shape index (κ3) is 11.6. The molecule has 102 valence electrons. The van der Waals surface area contributed by atoms with Gasteiger partial charge in [0.25, 0.3) is 16.6 Å². The number of ether oxygens (including phenoxy) is 1. The lowest BCUT2D eigenvalue weighted by Gasteiger charge is -2.14. The molecule has 7 heteroatoms. The Morgan fingerprint density at radius 1 is 1.35 bits per heavy atom. The van der Waals surface area contributed by atoms with Gasteiger partial charge in [0, 0.05) is 6.54 Å². The van der Waals surface area contributed by atoms with Crippen LogP contribution in [0.25, 0.3) is 0 Å². The number of nitrogens with one attached hydrogen (secondary N) is 1. The van der Waals surface area contributed by atoms with Crippen LogP contribution in [-0.4, -0.2) is 45.9 Å². The van der Waals surface area contributed by atoms with Crippen LogP contribution in [0.3, 0.4) is 0 Å². The van der Waals surface area contributed by atoms with Crippen LogP contribution >= 0.6 is 0 Å². The van der Waals surface area contributed by atoms with Crippen molar-refractivity contribution < 1.29 is 22.1 Å². The van der Waals surface area contributed by atoms with Crippen LogP contribution in [0.2, 0.25) is 0 Å². The van der Waals surface area contributed by atoms with Gasteiger partial charge in [-0.05, 0) is 33.7 Å². The smallest absolute Gasteiger partial charge is 0.293 e. The van der Waals surface area contributed by atoms with E-state index in [1.165, 1.54) is 0 Å². The molecule has 0 aliphatic carbocycles. The molecule has 0 aromatic heterocycles. The quantitative estimate of drug-likeness (QED) is 0.584. The Morgan fingerprint density at radius 2 is 1.94 bits per heavy atom. The normalized spacial score (nSPS) is 20.4. The molecule has 6 nitrogen and oxygen atoms in total. The third-order valence-electron chi connectivity index (χ3n) is 1.73. The Bertz CT molecular complexity index is 314. The molecule has 0 radical (unpaired) electrons. The fraction of sp³-hybridized carbons (Fsp3) is 0.900. The molecule has 1 atom stereocenters. The van der Waals surface area contributed by atoms with Gasteiger partial charge < -0.3 is 10.1 Å². The minimum Gasteiger partial charge on any atom is -0.462 e. The first-order valence-corrected chi connectivity index (χ1v) is 7.16. The molecule has 1 aliphatic rings. The van der Waals surface area contributed by atoms with E-state index in [2.05, 4.69) is 10.1 Å². The molecule has 1 heterocycles. The summed E-state index contributed by atoms with van der Waals surface area (Å²) >= 11 is 0. The first kappa shape index (κ1) is 16.3. The minimum absolute atomic E-state index is 0.144. The van der Waals surface area contributed by atoms with Gasteiger partial charge in [0.1, 0.15) is 5.60 Å². The van der Waals surface area contributed by atoms with Gasteiger partial charge in [-0.25, -0.2) is 0 Å². The standard InChI is InChI=1S/C5H11NO3S.C5H10O2/c1-10(7,8)9-5-2-3-6-4-5;1-5(2,3)7-4-6/h5-6H,2-4H2,1H3;4H,1-3H3/t5-;/m1./s1. The molecule has 0 bridgehead atoms. The SMILES string of the molecule is CC(C)(C)OC=O.CS(=O)(=O)O[C@@H]1CCNC1. The Morgan fingerprint density at radius 3 is 2.18 bits per heavy atom. The number of hydrogen-bond donors (Lipinski definition) is 1. The Kier molecular flexibility index (Phi) is 6.66. The zero-order valence-electron chi connectivity index (χ0n) is 10.7. The molecule has 1 rings (SSSR count). The van der Waals surface area contributed by atoms with Crippen LogP contribution in [0, 0.1) is 0 Å². The molecular formula is C10H21NO5S. The third-order valence-corrected chi connectivity index (χ3v) is 2.35. The molecule has 0 amide bonds. The Hall–Kier alpha value is -0.660. The van der Waals surface area contributed by atoms with Gasteiger partial charge >= 0.3 is 0 Å². The van der Waals surface area contributed by atoms with Gasteiger partial charge in [0.15, 0.2) is 0 Å². The van der Waals surface area contributed by atoms with Crippen molar-refractivity contribution in [1.82, 2.24) is 5.32 Å². The van der Waals surface area contributed by atoms with Crippen LogP contribution in [-0.2, 0) is 23.8 Å². The highest BCUT2D eigenvalue weighted by Gasteiger charge is 2.18. The highest BCUT2D eigenvalue weighted by molar-refractivity contribution is 7.86. The van der Waals surface area contributed by atoms with E-state index >= 15 is 0 Å². The molecule has 17 heavy (non-hydrogen) atoms. The average Bonchev–Trinajstić information content (AvgIpc) is 2.52. The van der Waals surface area contributed by atoms with E-state index in [-0.39, 0.29) is 11.7 Å². The molecule has 0 aromatic rings. The summed E-state index contributed by atoms with van der Waals surface area (Å²) in [5, 5.41) is 3.01. The van der Waals surface area contributed by atoms with E-state index in [9.17, 15) is 13.2 Å². The van der Waals surface area contributed by atoms with Crippen molar-refractivity contribution in [2.24, 2.45) is 0 Å². The molecule has 0 saturated carbocycles. The lowest BCUT2D eigenvalue weighted by Crippen LogP contribution is -2.19. The molecule has 0 aromatic carbocycles. The van der Waals surface area contributed by atoms with Gasteiger partial charge in [-0.2, -0.15) is 8.42 Å². The van der Waals surface area contributed by atoms with Gasteiger partial charge in [-0.1, -0.05) is 0 Å². The minimum atomic E-state index is -3.25. The lowest BCUT2D eigenvalue weighted by atomic mass is 10.2. The number of carbonyl (C=O) groups is 1. The molecule has 1 N–H and O–H groups in total. The van der Waals surface area contributed by atoms with Crippen molar-refractivity contribution in [3.63, 3.8) is 0 Å². The summed E-state index contributed by atoms with van der Waals surface area (Å²) in [4.78, 5) is 9.60. The summed E-state index contributed by atoms with van der Waals surface area (Å²) < 4.78 is 30.3. The summed E-state index contributed by atoms with van der Waals surface area (Å²) in [6, 6.07) is 0. The zero-order valence-corrected chi connectivity index (χ0v) is 11.5. The van der Waals surface area contributed by atoms with Gasteiger partial charge in [-0.15, -0.1) is 0 Å². The van der Waals surface area contributed by atoms with Gasteiger partial charge in [-0.3, -0.25) is 8.98 Å². The lowest BCUT2D eigenvalue weighted by molar-refractivity contribution is -0.138. The zero-order chi connectivity index (χ0) is 13.5. The molecule has 1 saturated heterocycles. The second kappa shape index (κ2) is 6.93. The summed E-state index contributed by atoms with van der Waals surface area (Å²) in [5.41, 5.74) is -0.318. The van der Waals surface area contributed by atoms with Crippen molar-refractivity contribution in [2.45, 2.75) is 38.9 Å². The van der Waals surface area contributed by atoms with Crippen molar-refractivity contribution in [3.05, 3.63) is 0 Å². The monoisotopic (exact) mass is 267 g/mol. The Labute approximate surface area is 103 Å². The largest absolute Gasteiger partial charge is 0.462 e. The van der Waals surface area contributed by atoms with Crippen molar-refractivity contribution in [3.8, 4) is 0 Å². The van der Waals surface area contributed by atoms with E-state index in [0.29, 0.717) is 13.0 Å². The molecule has 1 aliphatic heterocycles. The second-order valence-electron chi connectivity index (χ2n) is 4.74. The summed E-state index contributed by atoms with van der Waals surface area (Å²) in [6.07, 6.45) is 1.72. The van der Waals surface area contributed by atoms with Crippen LogP contribution in [0.1, 0.15) is 27.2 Å². The van der Waals surface area contributed by atoms with Crippen LogP contribution < -0.4 is 5.32 Å². The van der Waals surface area contributed by atoms with E-state index in [1.807, 2.05) is 20.8 Å². The number of rotatable bonds is 3. The topological polar surface area (TPSA) is 81.7 Å². The van der Waals surface area contributed by atoms with E-state index in [1.54, 1.807) is 0 Å². The average molecular weight is 267 g/mol. The molecule has 0 spiro atoms. The summed E-state index contributed by atoms with van der Waals surface area (Å²) in [7, 11) is -3.25. The van der Waals surface area contributed by atoms with Crippen LogP contribution in [0.15, 0.2) is 0 Å². The molecule has 0 unspecified atom stereocenters. The fourth-order valence-corrected chi connectivity index (χ4v) is 1.76. The number of hydrogen-bond acceptors (Lipinski definition) is 6. The fourth-order valence-electron chi connectivity index (χ4n) is 1.10.